The van der Waals surface area contributed by atoms with Gasteiger partial charge in [0.2, 0.25) is 12.4 Å². The zero-order valence-electron chi connectivity index (χ0n) is 37.4. The van der Waals surface area contributed by atoms with E-state index in [-0.39, 0.29) is 32.4 Å². The fourth-order valence-electron chi connectivity index (χ4n) is 7.04. The van der Waals surface area contributed by atoms with Crippen LogP contribution in [0.3, 0.4) is 0 Å². The van der Waals surface area contributed by atoms with E-state index in [1.807, 2.05) is 56.3 Å². The molecule has 3 aromatic rings. The van der Waals surface area contributed by atoms with Crippen LogP contribution in [0.4, 0.5) is 22.8 Å². The molecule has 0 N–H and O–H groups in total. The van der Waals surface area contributed by atoms with Crippen molar-refractivity contribution < 1.29 is 79.8 Å². The molecule has 362 valence electrons. The molecule has 6 atom stereocenters. The van der Waals surface area contributed by atoms with E-state index in [4.69, 9.17) is 37.9 Å². The van der Waals surface area contributed by atoms with Gasteiger partial charge in [0.1, 0.15) is 25.4 Å². The molecular formula is C45H55F3N2O14S2. The summed E-state index contributed by atoms with van der Waals surface area (Å²) in [5.74, 6) is -2.85. The van der Waals surface area contributed by atoms with Crippen molar-refractivity contribution in [1.82, 2.24) is 9.80 Å². The molecule has 0 bridgehead atoms. The number of alkyl halides is 3. The van der Waals surface area contributed by atoms with E-state index in [0.717, 1.165) is 56.2 Å². The minimum atomic E-state index is -4.47. The highest BCUT2D eigenvalue weighted by molar-refractivity contribution is 8.76. The number of halogens is 3. The summed E-state index contributed by atoms with van der Waals surface area (Å²) in [5.41, 5.74) is 0.661. The van der Waals surface area contributed by atoms with Gasteiger partial charge in [-0.2, -0.15) is 13.2 Å². The summed E-state index contributed by atoms with van der Waals surface area (Å²) in [6.07, 6.45) is -12.4. The second-order valence-electron chi connectivity index (χ2n) is 15.0. The number of carbonyl (C=O) groups excluding carboxylic acids is 6. The maximum atomic E-state index is 13.6. The Kier molecular flexibility index (Phi) is 21.2. The first kappa shape index (κ1) is 53.4. The van der Waals surface area contributed by atoms with E-state index < -0.39 is 91.2 Å². The first-order valence-electron chi connectivity index (χ1n) is 21.0. The lowest BCUT2D eigenvalue weighted by atomic mass is 9.98. The zero-order valence-corrected chi connectivity index (χ0v) is 39.1. The van der Waals surface area contributed by atoms with Gasteiger partial charge in [0.25, 0.3) is 0 Å². The minimum Gasteiger partial charge on any atom is -0.463 e. The molecule has 66 heavy (non-hydrogen) atoms. The van der Waals surface area contributed by atoms with E-state index >= 15 is 0 Å². The summed E-state index contributed by atoms with van der Waals surface area (Å²) < 4.78 is 84.2. The van der Waals surface area contributed by atoms with Crippen LogP contribution in [-0.4, -0.2) is 121 Å². The SMILES string of the molecule is CCCN(COCCSSCOC(=O)N(CCCc1cccc(C(F)(F)F)c1)[C@H](C)c1cccc2ccccc12)C(=O)O[C@@H]1O[C@H](COC(C)=O)[C@@H](OC(C)=O)[C@H](OC(C)=O)[C@H]1OC(C)=O. The van der Waals surface area contributed by atoms with Gasteiger partial charge in [-0.3, -0.25) is 24.1 Å². The number of amides is 2. The summed E-state index contributed by atoms with van der Waals surface area (Å²) in [7, 11) is 2.59. The molecule has 1 aliphatic rings. The largest absolute Gasteiger partial charge is 0.463 e. The van der Waals surface area contributed by atoms with Crippen LogP contribution in [0.15, 0.2) is 66.7 Å². The third-order valence-corrected chi connectivity index (χ3v) is 11.9. The maximum absolute atomic E-state index is 13.6. The standard InChI is InChI=1S/C45H55F3N2O14S2/c1-7-20-49(43(55)64-42-41(62-32(6)54)40(61-31(5)53)39(60-30(4)52)38(63-42)25-58-29(3)51)26-57-22-23-65-66-27-59-44(56)50(21-12-14-33-13-10-17-35(24-33)45(46,47)48)28(2)36-19-11-16-34-15-8-9-18-37(34)36/h8-11,13,15-19,24,28,38-42H,7,12,14,20-23,25-27H2,1-6H3/t28-,38-,39-,40+,41-,42+/m1/s1. The monoisotopic (exact) mass is 968 g/mol. The van der Waals surface area contributed by atoms with Gasteiger partial charge in [-0.15, -0.1) is 0 Å². The Morgan fingerprint density at radius 2 is 1.42 bits per heavy atom. The number of ether oxygens (including phenoxy) is 8. The van der Waals surface area contributed by atoms with Crippen LogP contribution >= 0.6 is 21.6 Å². The van der Waals surface area contributed by atoms with Crippen molar-refractivity contribution in [2.45, 2.75) is 104 Å². The second kappa shape index (κ2) is 26.2. The lowest BCUT2D eigenvalue weighted by molar-refractivity contribution is -0.296. The smallest absolute Gasteiger partial charge is 0.416 e. The normalized spacial score (nSPS) is 18.7. The van der Waals surface area contributed by atoms with Crippen LogP contribution in [0.5, 0.6) is 0 Å². The Bertz CT molecular complexity index is 2110. The number of esters is 4. The molecule has 16 nitrogen and oxygen atoms in total. The molecule has 0 radical (unpaired) electrons. The van der Waals surface area contributed by atoms with Gasteiger partial charge < -0.3 is 42.8 Å². The first-order valence-corrected chi connectivity index (χ1v) is 23.5. The molecule has 1 heterocycles. The third-order valence-electron chi connectivity index (χ3n) is 9.88. The lowest BCUT2D eigenvalue weighted by Gasteiger charge is -2.43. The van der Waals surface area contributed by atoms with Crippen LogP contribution in [0.2, 0.25) is 0 Å². The predicted octanol–water partition coefficient (Wildman–Crippen LogP) is 8.24. The first-order chi connectivity index (χ1) is 31.4. The highest BCUT2D eigenvalue weighted by Gasteiger charge is 2.54. The van der Waals surface area contributed by atoms with Gasteiger partial charge in [-0.1, -0.05) is 89.2 Å². The van der Waals surface area contributed by atoms with E-state index in [2.05, 4.69) is 0 Å². The minimum absolute atomic E-state index is 0.0276. The average molecular weight is 969 g/mol. The Labute approximate surface area is 388 Å². The second-order valence-corrected chi connectivity index (χ2v) is 17.5. The van der Waals surface area contributed by atoms with Crippen LogP contribution in [0.1, 0.15) is 77.1 Å². The predicted molar refractivity (Wildman–Crippen MR) is 236 cm³/mol. The van der Waals surface area contributed by atoms with Crippen LogP contribution < -0.4 is 0 Å². The van der Waals surface area contributed by atoms with E-state index in [0.29, 0.717) is 30.6 Å². The van der Waals surface area contributed by atoms with Gasteiger partial charge in [-0.25, -0.2) is 9.59 Å². The highest BCUT2D eigenvalue weighted by atomic mass is 33.1. The van der Waals surface area contributed by atoms with Crippen molar-refractivity contribution in [2.75, 3.05) is 44.7 Å². The van der Waals surface area contributed by atoms with Gasteiger partial charge >= 0.3 is 42.2 Å². The molecular weight excluding hydrogens is 914 g/mol. The molecule has 1 aliphatic heterocycles. The number of hydrogen-bond acceptors (Lipinski definition) is 16. The maximum Gasteiger partial charge on any atom is 0.416 e. The summed E-state index contributed by atoms with van der Waals surface area (Å²) in [5, 5.41) is 1.95. The lowest BCUT2D eigenvalue weighted by Crippen LogP contribution is -2.63. The molecule has 0 aliphatic carbocycles. The van der Waals surface area contributed by atoms with Gasteiger partial charge in [0, 0.05) is 46.5 Å². The number of rotatable bonds is 22. The van der Waals surface area contributed by atoms with E-state index in [9.17, 15) is 41.9 Å². The van der Waals surface area contributed by atoms with Crippen LogP contribution in [-0.2, 0) is 69.7 Å². The molecule has 0 unspecified atom stereocenters. The number of hydrogen-bond donors (Lipinski definition) is 0. The van der Waals surface area contributed by atoms with Crippen molar-refractivity contribution in [3.05, 3.63) is 83.4 Å². The summed E-state index contributed by atoms with van der Waals surface area (Å²) >= 11 is 0. The quantitative estimate of drug-likeness (QED) is 0.0308. The fourth-order valence-corrected chi connectivity index (χ4v) is 8.46. The molecule has 1 saturated heterocycles. The van der Waals surface area contributed by atoms with Gasteiger partial charge in [-0.05, 0) is 54.2 Å². The molecule has 21 heteroatoms. The molecule has 3 aromatic carbocycles. The third kappa shape index (κ3) is 16.6. The molecule has 0 spiro atoms. The molecule has 0 aromatic heterocycles. The van der Waals surface area contributed by atoms with Gasteiger partial charge in [0.15, 0.2) is 12.2 Å². The van der Waals surface area contributed by atoms with Gasteiger partial charge in [0.05, 0.1) is 18.2 Å². The number of carbonyl (C=O) groups is 6. The van der Waals surface area contributed by atoms with Crippen molar-refractivity contribution in [3.8, 4) is 0 Å². The van der Waals surface area contributed by atoms with Crippen LogP contribution in [0, 0.1) is 0 Å². The Morgan fingerprint density at radius 1 is 0.758 bits per heavy atom. The van der Waals surface area contributed by atoms with Crippen LogP contribution in [0.25, 0.3) is 10.8 Å². The van der Waals surface area contributed by atoms with E-state index in [1.165, 1.54) is 32.6 Å². The zero-order chi connectivity index (χ0) is 48.4. The Balaban J connectivity index is 1.33. The molecule has 2 amide bonds. The topological polar surface area (TPSA) is 183 Å². The van der Waals surface area contributed by atoms with Crippen molar-refractivity contribution in [1.29, 1.82) is 0 Å². The van der Waals surface area contributed by atoms with Crippen molar-refractivity contribution in [2.24, 2.45) is 0 Å². The number of benzene rings is 3. The summed E-state index contributed by atoms with van der Waals surface area (Å²) in [4.78, 5) is 78.0. The van der Waals surface area contributed by atoms with Crippen molar-refractivity contribution in [3.63, 3.8) is 0 Å². The molecule has 1 fully saturated rings. The summed E-state index contributed by atoms with van der Waals surface area (Å²) in [6.45, 7) is 7.83. The van der Waals surface area contributed by atoms with E-state index in [1.54, 1.807) is 11.0 Å². The van der Waals surface area contributed by atoms with Crippen molar-refractivity contribution >= 4 is 68.4 Å². The number of aryl methyl sites for hydroxylation is 1. The molecule has 4 rings (SSSR count). The average Bonchev–Trinajstić information content (AvgIpc) is 3.25. The Morgan fingerprint density at radius 3 is 2.11 bits per heavy atom. The summed E-state index contributed by atoms with van der Waals surface area (Å²) in [6, 6.07) is 18.3. The fraction of sp³-hybridized carbons (Fsp3) is 0.511. The Hall–Kier alpha value is -5.25. The number of nitrogens with zero attached hydrogens (tertiary/aromatic N) is 2. The molecule has 0 saturated carbocycles. The number of fused-ring (bicyclic) bond motifs is 1. The highest BCUT2D eigenvalue weighted by Crippen LogP contribution is 2.33.